The number of amides is 1. The van der Waals surface area contributed by atoms with Crippen molar-refractivity contribution < 1.29 is 29.0 Å². The van der Waals surface area contributed by atoms with Crippen molar-refractivity contribution in [1.82, 2.24) is 4.90 Å². The Morgan fingerprint density at radius 1 is 1.11 bits per heavy atom. The van der Waals surface area contributed by atoms with Crippen LogP contribution < -0.4 is 4.74 Å². The van der Waals surface area contributed by atoms with Crippen LogP contribution in [0.4, 0.5) is 0 Å². The summed E-state index contributed by atoms with van der Waals surface area (Å²) in [6.45, 7) is 1.89. The van der Waals surface area contributed by atoms with Gasteiger partial charge in [-0.1, -0.05) is 41.9 Å². The number of carbonyl (C=O) groups excluding carboxylic acids is 2. The monoisotopic (exact) mass is 579 g/mol. The molecule has 0 fully saturated rings. The van der Waals surface area contributed by atoms with E-state index in [1.54, 1.807) is 4.90 Å². The van der Waals surface area contributed by atoms with Gasteiger partial charge in [-0.3, -0.25) is 4.79 Å². The highest BCUT2D eigenvalue weighted by atomic mass is 79.9. The first-order chi connectivity index (χ1) is 16.7. The normalized spacial score (nSPS) is 10.6. The Labute approximate surface area is 220 Å². The summed E-state index contributed by atoms with van der Waals surface area (Å²) < 4.78 is 10.7. The van der Waals surface area contributed by atoms with Crippen molar-refractivity contribution in [3.05, 3.63) is 74.0 Å². The lowest BCUT2D eigenvalue weighted by Crippen LogP contribution is -2.30. The molecule has 0 spiro atoms. The van der Waals surface area contributed by atoms with E-state index in [1.807, 2.05) is 48.5 Å². The predicted octanol–water partition coefficient (Wildman–Crippen LogP) is 5.67. The molecular weight excluding hydrogens is 558 g/mol. The summed E-state index contributed by atoms with van der Waals surface area (Å²) in [7, 11) is 1.25. The Morgan fingerprint density at radius 3 is 2.46 bits per heavy atom. The second-order valence-corrected chi connectivity index (χ2v) is 9.84. The third-order valence-corrected chi connectivity index (χ3v) is 7.58. The molecule has 1 N–H and O–H groups in total. The van der Waals surface area contributed by atoms with Crippen LogP contribution in [0.5, 0.6) is 5.75 Å². The zero-order valence-electron chi connectivity index (χ0n) is 19.0. The molecule has 0 unspecified atom stereocenters. The summed E-state index contributed by atoms with van der Waals surface area (Å²) in [5.41, 5.74) is 2.78. The molecule has 3 rings (SSSR count). The van der Waals surface area contributed by atoms with Crippen molar-refractivity contribution in [3.8, 4) is 16.2 Å². The van der Waals surface area contributed by atoms with Gasteiger partial charge in [-0.25, -0.2) is 9.59 Å². The number of methoxy groups -OCH3 is 1. The highest BCUT2D eigenvalue weighted by Gasteiger charge is 2.25. The van der Waals surface area contributed by atoms with E-state index in [2.05, 4.69) is 15.9 Å². The number of hydrogen-bond acceptors (Lipinski definition) is 6. The van der Waals surface area contributed by atoms with Crippen LogP contribution in [0, 0.1) is 0 Å². The van der Waals surface area contributed by atoms with E-state index < -0.39 is 18.5 Å². The third kappa shape index (κ3) is 7.06. The second-order valence-electron chi connectivity index (χ2n) is 7.59. The maximum Gasteiger partial charge on any atom is 0.351 e. The fraction of sp³-hybridized carbons (Fsp3) is 0.240. The van der Waals surface area contributed by atoms with Crippen LogP contribution >= 0.6 is 38.9 Å². The smallest absolute Gasteiger partial charge is 0.351 e. The fourth-order valence-corrected chi connectivity index (χ4v) is 5.46. The highest BCUT2D eigenvalue weighted by Crippen LogP contribution is 2.46. The lowest BCUT2D eigenvalue weighted by Gasteiger charge is -2.21. The zero-order chi connectivity index (χ0) is 25.5. The summed E-state index contributed by atoms with van der Waals surface area (Å²) in [6.07, 6.45) is 0.694. The molecule has 7 nitrogen and oxygen atoms in total. The van der Waals surface area contributed by atoms with Crippen molar-refractivity contribution in [2.24, 2.45) is 0 Å². The highest BCUT2D eigenvalue weighted by molar-refractivity contribution is 9.10. The van der Waals surface area contributed by atoms with Gasteiger partial charge in [0.05, 0.1) is 16.5 Å². The maximum atomic E-state index is 12.3. The first-order valence-electron chi connectivity index (χ1n) is 10.5. The molecular formula is C25H23BrClNO6S. The van der Waals surface area contributed by atoms with Crippen molar-refractivity contribution in [1.29, 1.82) is 0 Å². The van der Waals surface area contributed by atoms with Gasteiger partial charge in [0.25, 0.3) is 0 Å². The molecule has 0 aliphatic heterocycles. The Bertz CT molecular complexity index is 1230. The molecule has 10 heteroatoms. The molecule has 0 aliphatic rings. The van der Waals surface area contributed by atoms with Gasteiger partial charge >= 0.3 is 11.9 Å². The third-order valence-electron chi connectivity index (χ3n) is 5.11. The minimum atomic E-state index is -1.16. The van der Waals surface area contributed by atoms with Gasteiger partial charge in [0.15, 0.2) is 17.2 Å². The summed E-state index contributed by atoms with van der Waals surface area (Å²) >= 11 is 10.5. The van der Waals surface area contributed by atoms with Crippen LogP contribution in [0.3, 0.4) is 0 Å². The van der Waals surface area contributed by atoms with Crippen LogP contribution in [-0.2, 0) is 27.3 Å². The van der Waals surface area contributed by atoms with Gasteiger partial charge in [0, 0.05) is 25.0 Å². The zero-order valence-corrected chi connectivity index (χ0v) is 22.2. The largest absolute Gasteiger partial charge is 0.479 e. The van der Waals surface area contributed by atoms with Crippen molar-refractivity contribution >= 4 is 56.7 Å². The average molecular weight is 581 g/mol. The molecule has 1 heterocycles. The summed E-state index contributed by atoms with van der Waals surface area (Å²) in [6, 6.07) is 15.1. The number of thiophene rings is 1. The topological polar surface area (TPSA) is 93.1 Å². The Balaban J connectivity index is 1.84. The predicted molar refractivity (Wildman–Crippen MR) is 138 cm³/mol. The summed E-state index contributed by atoms with van der Waals surface area (Å²) in [5, 5.41) is 9.65. The molecule has 0 atom stereocenters. The van der Waals surface area contributed by atoms with E-state index in [0.29, 0.717) is 33.9 Å². The molecule has 0 radical (unpaired) electrons. The van der Waals surface area contributed by atoms with Crippen LogP contribution in [0.15, 0.2) is 53.0 Å². The number of rotatable bonds is 10. The van der Waals surface area contributed by atoms with Crippen LogP contribution in [0.1, 0.15) is 27.7 Å². The Kier molecular flexibility index (Phi) is 9.31. The molecule has 0 bridgehead atoms. The molecule has 35 heavy (non-hydrogen) atoms. The Morgan fingerprint density at radius 2 is 1.83 bits per heavy atom. The summed E-state index contributed by atoms with van der Waals surface area (Å²) in [5.74, 6) is -1.70. The lowest BCUT2D eigenvalue weighted by molar-refractivity contribution is -0.139. The van der Waals surface area contributed by atoms with E-state index in [9.17, 15) is 14.4 Å². The van der Waals surface area contributed by atoms with Gasteiger partial charge in [-0.15, -0.1) is 11.3 Å². The van der Waals surface area contributed by atoms with Gasteiger partial charge in [-0.05, 0) is 57.2 Å². The fourth-order valence-electron chi connectivity index (χ4n) is 3.37. The first-order valence-corrected chi connectivity index (χ1v) is 12.5. The van der Waals surface area contributed by atoms with E-state index in [4.69, 9.17) is 26.2 Å². The molecule has 1 amide bonds. The SMILES string of the molecule is COC(=O)c1sc(-c2cccc(CN(CCc3ccc(Cl)cc3)C(C)=O)c2)c(Br)c1OCC(=O)O. The number of aliphatic carboxylic acids is 1. The molecule has 1 aromatic heterocycles. The van der Waals surface area contributed by atoms with Gasteiger partial charge in [0.2, 0.25) is 5.91 Å². The quantitative estimate of drug-likeness (QED) is 0.311. The molecule has 0 saturated carbocycles. The standard InChI is InChI=1S/C25H23BrClNO6S/c1-15(29)28(11-10-16-6-8-19(27)9-7-16)13-17-4-3-5-18(12-17)23-21(26)22(34-14-20(30)31)24(35-23)25(32)33-2/h3-9,12H,10-11,13-14H2,1-2H3,(H,30,31). The molecule has 3 aromatic rings. The molecule has 184 valence electrons. The molecule has 0 aliphatic carbocycles. The minimum Gasteiger partial charge on any atom is -0.479 e. The van der Waals surface area contributed by atoms with Crippen LogP contribution in [-0.4, -0.2) is 48.1 Å². The van der Waals surface area contributed by atoms with Gasteiger partial charge < -0.3 is 19.5 Å². The van der Waals surface area contributed by atoms with Gasteiger partial charge in [-0.2, -0.15) is 0 Å². The van der Waals surface area contributed by atoms with Crippen molar-refractivity contribution in [2.45, 2.75) is 19.9 Å². The van der Waals surface area contributed by atoms with E-state index in [0.717, 1.165) is 28.0 Å². The number of carbonyl (C=O) groups is 3. The summed E-state index contributed by atoms with van der Waals surface area (Å²) in [4.78, 5) is 38.1. The van der Waals surface area contributed by atoms with Crippen LogP contribution in [0.25, 0.3) is 10.4 Å². The van der Waals surface area contributed by atoms with E-state index in [-0.39, 0.29) is 16.5 Å². The second kappa shape index (κ2) is 12.2. The van der Waals surface area contributed by atoms with Crippen LogP contribution in [0.2, 0.25) is 5.02 Å². The Hall–Kier alpha value is -2.88. The minimum absolute atomic E-state index is 0.0426. The van der Waals surface area contributed by atoms with Gasteiger partial charge in [0.1, 0.15) is 0 Å². The number of hydrogen-bond donors (Lipinski definition) is 1. The number of benzene rings is 2. The number of ether oxygens (including phenoxy) is 2. The number of nitrogens with zero attached hydrogens (tertiary/aromatic N) is 1. The first kappa shape index (κ1) is 26.7. The van der Waals surface area contributed by atoms with E-state index >= 15 is 0 Å². The lowest BCUT2D eigenvalue weighted by atomic mass is 10.1. The van der Waals surface area contributed by atoms with E-state index in [1.165, 1.54) is 14.0 Å². The average Bonchev–Trinajstić information content (AvgIpc) is 3.17. The maximum absolute atomic E-state index is 12.3. The molecule has 2 aromatic carbocycles. The number of esters is 1. The number of carboxylic acid groups (broad SMARTS) is 1. The van der Waals surface area contributed by atoms with Crippen molar-refractivity contribution in [2.75, 3.05) is 20.3 Å². The molecule has 0 saturated heterocycles. The number of halogens is 2. The number of carboxylic acids is 1. The van der Waals surface area contributed by atoms with Crippen molar-refractivity contribution in [3.63, 3.8) is 0 Å².